The van der Waals surface area contributed by atoms with Crippen molar-refractivity contribution in [3.8, 4) is 0 Å². The number of H-pyrrole nitrogens is 1. The molecule has 2 aromatic heterocycles. The predicted molar refractivity (Wildman–Crippen MR) is 52.7 cm³/mol. The zero-order valence-corrected chi connectivity index (χ0v) is 8.10. The Morgan fingerprint density at radius 2 is 2.27 bits per heavy atom. The lowest BCUT2D eigenvalue weighted by Crippen LogP contribution is -2.29. The van der Waals surface area contributed by atoms with Crippen molar-refractivity contribution in [2.75, 3.05) is 6.61 Å². The van der Waals surface area contributed by atoms with Crippen molar-refractivity contribution in [1.82, 2.24) is 19.1 Å². The van der Waals surface area contributed by atoms with Crippen LogP contribution in [0.15, 0.2) is 15.9 Å². The first kappa shape index (κ1) is 9.66. The Bertz CT molecular complexity index is 606. The van der Waals surface area contributed by atoms with Gasteiger partial charge in [-0.05, 0) is 0 Å². The van der Waals surface area contributed by atoms with Gasteiger partial charge in [0.15, 0.2) is 11.2 Å². The van der Waals surface area contributed by atoms with Gasteiger partial charge in [0.05, 0.1) is 12.9 Å². The van der Waals surface area contributed by atoms with Gasteiger partial charge in [-0.3, -0.25) is 14.3 Å². The van der Waals surface area contributed by atoms with Crippen LogP contribution in [0.1, 0.15) is 0 Å². The third-order valence-corrected chi connectivity index (χ3v) is 2.22. The van der Waals surface area contributed by atoms with Gasteiger partial charge in [0, 0.05) is 13.6 Å². The smallest absolute Gasteiger partial charge is 0.329 e. The van der Waals surface area contributed by atoms with E-state index in [2.05, 4.69) is 9.97 Å². The molecule has 0 saturated carbocycles. The Balaban J connectivity index is 2.87. The summed E-state index contributed by atoms with van der Waals surface area (Å²) in [6, 6.07) is 0. The molecule has 2 aromatic rings. The number of rotatable bonds is 2. The average Bonchev–Trinajstić information content (AvgIpc) is 2.59. The SMILES string of the molecule is Cn1c(=O)[nH]c(=O)c2c1ncn2CCO. The molecule has 0 spiro atoms. The molecule has 0 aliphatic carbocycles. The van der Waals surface area contributed by atoms with Gasteiger partial charge in [0.1, 0.15) is 0 Å². The van der Waals surface area contributed by atoms with Gasteiger partial charge in [-0.15, -0.1) is 0 Å². The van der Waals surface area contributed by atoms with Crippen molar-refractivity contribution in [3.05, 3.63) is 27.2 Å². The predicted octanol–water partition coefficient (Wildman–Crippen LogP) is -1.58. The van der Waals surface area contributed by atoms with E-state index in [-0.39, 0.29) is 13.2 Å². The van der Waals surface area contributed by atoms with E-state index in [0.29, 0.717) is 11.2 Å². The number of hydrogen-bond donors (Lipinski definition) is 2. The average molecular weight is 210 g/mol. The number of aliphatic hydroxyl groups is 1. The van der Waals surface area contributed by atoms with Gasteiger partial charge in [-0.25, -0.2) is 9.78 Å². The summed E-state index contributed by atoms with van der Waals surface area (Å²) >= 11 is 0. The fraction of sp³-hybridized carbons (Fsp3) is 0.375. The van der Waals surface area contributed by atoms with Crippen LogP contribution in [0.3, 0.4) is 0 Å². The summed E-state index contributed by atoms with van der Waals surface area (Å²) in [5, 5.41) is 8.78. The molecular weight excluding hydrogens is 200 g/mol. The number of fused-ring (bicyclic) bond motifs is 1. The summed E-state index contributed by atoms with van der Waals surface area (Å²) in [7, 11) is 1.52. The van der Waals surface area contributed by atoms with Crippen LogP contribution < -0.4 is 11.2 Å². The number of aromatic amines is 1. The van der Waals surface area contributed by atoms with Crippen LogP contribution in [0.25, 0.3) is 11.2 Å². The minimum absolute atomic E-state index is 0.0895. The van der Waals surface area contributed by atoms with Gasteiger partial charge < -0.3 is 9.67 Å². The standard InChI is InChI=1S/C8H10N4O3/c1-11-6-5(7(14)10-8(11)15)12(2-3-13)4-9-6/h4,13H,2-3H2,1H3,(H,10,14,15). The molecule has 0 saturated heterocycles. The second-order valence-corrected chi connectivity index (χ2v) is 3.15. The number of nitrogens with one attached hydrogen (secondary N) is 1. The summed E-state index contributed by atoms with van der Waals surface area (Å²) in [6.07, 6.45) is 1.43. The zero-order chi connectivity index (χ0) is 11.0. The molecule has 0 unspecified atom stereocenters. The Morgan fingerprint density at radius 3 is 2.93 bits per heavy atom. The van der Waals surface area contributed by atoms with E-state index in [4.69, 9.17) is 5.11 Å². The van der Waals surface area contributed by atoms with E-state index in [0.717, 1.165) is 0 Å². The molecule has 80 valence electrons. The Kier molecular flexibility index (Phi) is 2.16. The summed E-state index contributed by atoms with van der Waals surface area (Å²) < 4.78 is 2.76. The third kappa shape index (κ3) is 1.37. The van der Waals surface area contributed by atoms with Crippen molar-refractivity contribution in [2.24, 2.45) is 7.05 Å². The topological polar surface area (TPSA) is 92.9 Å². The van der Waals surface area contributed by atoms with Crippen LogP contribution in [-0.4, -0.2) is 30.8 Å². The first-order valence-electron chi connectivity index (χ1n) is 4.40. The number of hydrogen-bond acceptors (Lipinski definition) is 4. The van der Waals surface area contributed by atoms with Crippen molar-refractivity contribution < 1.29 is 5.11 Å². The number of imidazole rings is 1. The van der Waals surface area contributed by atoms with Gasteiger partial charge in [-0.1, -0.05) is 0 Å². The van der Waals surface area contributed by atoms with Crippen molar-refractivity contribution in [2.45, 2.75) is 6.54 Å². The summed E-state index contributed by atoms with van der Waals surface area (Å²) in [6.45, 7) is 0.186. The molecule has 7 nitrogen and oxygen atoms in total. The molecule has 0 aliphatic rings. The molecule has 0 aromatic carbocycles. The maximum absolute atomic E-state index is 11.5. The lowest BCUT2D eigenvalue weighted by atomic mass is 10.5. The first-order chi connectivity index (χ1) is 7.15. The Hall–Kier alpha value is -1.89. The minimum atomic E-state index is -0.498. The summed E-state index contributed by atoms with van der Waals surface area (Å²) in [5.74, 6) is 0. The van der Waals surface area contributed by atoms with Crippen molar-refractivity contribution in [1.29, 1.82) is 0 Å². The van der Waals surface area contributed by atoms with E-state index in [1.54, 1.807) is 0 Å². The molecule has 0 aliphatic heterocycles. The Labute approximate surface area is 83.6 Å². The lowest BCUT2D eigenvalue weighted by molar-refractivity contribution is 0.277. The number of aryl methyl sites for hydroxylation is 1. The zero-order valence-electron chi connectivity index (χ0n) is 8.10. The molecule has 0 radical (unpaired) electrons. The van der Waals surface area contributed by atoms with Crippen LogP contribution >= 0.6 is 0 Å². The largest absolute Gasteiger partial charge is 0.395 e. The normalized spacial score (nSPS) is 11.1. The molecular formula is C8H10N4O3. The van der Waals surface area contributed by atoms with Crippen LogP contribution in [0.4, 0.5) is 0 Å². The highest BCUT2D eigenvalue weighted by molar-refractivity contribution is 5.69. The van der Waals surface area contributed by atoms with E-state index in [1.807, 2.05) is 0 Å². The molecule has 0 amide bonds. The molecule has 2 heterocycles. The van der Waals surface area contributed by atoms with Crippen molar-refractivity contribution in [3.63, 3.8) is 0 Å². The highest BCUT2D eigenvalue weighted by Gasteiger charge is 2.10. The van der Waals surface area contributed by atoms with Gasteiger partial charge in [0.25, 0.3) is 5.56 Å². The second kappa shape index (κ2) is 3.35. The van der Waals surface area contributed by atoms with Crippen LogP contribution in [-0.2, 0) is 13.6 Å². The minimum Gasteiger partial charge on any atom is -0.395 e. The molecule has 7 heteroatoms. The molecule has 2 rings (SSSR count). The highest BCUT2D eigenvalue weighted by atomic mass is 16.3. The monoisotopic (exact) mass is 210 g/mol. The molecule has 0 bridgehead atoms. The number of aliphatic hydroxyl groups excluding tert-OH is 1. The van der Waals surface area contributed by atoms with Gasteiger partial charge in [0.2, 0.25) is 0 Å². The van der Waals surface area contributed by atoms with Crippen LogP contribution in [0.5, 0.6) is 0 Å². The van der Waals surface area contributed by atoms with E-state index in [1.165, 1.54) is 22.5 Å². The van der Waals surface area contributed by atoms with Crippen LogP contribution in [0.2, 0.25) is 0 Å². The van der Waals surface area contributed by atoms with E-state index < -0.39 is 11.2 Å². The molecule has 2 N–H and O–H groups in total. The van der Waals surface area contributed by atoms with E-state index >= 15 is 0 Å². The van der Waals surface area contributed by atoms with Crippen molar-refractivity contribution >= 4 is 11.2 Å². The van der Waals surface area contributed by atoms with Gasteiger partial charge >= 0.3 is 5.69 Å². The molecule has 0 atom stereocenters. The molecule has 15 heavy (non-hydrogen) atoms. The number of aromatic nitrogens is 4. The fourth-order valence-corrected chi connectivity index (χ4v) is 1.46. The Morgan fingerprint density at radius 1 is 1.53 bits per heavy atom. The summed E-state index contributed by atoms with van der Waals surface area (Å²) in [5.41, 5.74) is -0.371. The number of nitrogens with zero attached hydrogens (tertiary/aromatic N) is 3. The van der Waals surface area contributed by atoms with E-state index in [9.17, 15) is 9.59 Å². The summed E-state index contributed by atoms with van der Waals surface area (Å²) in [4.78, 5) is 28.9. The van der Waals surface area contributed by atoms with Gasteiger partial charge in [-0.2, -0.15) is 0 Å². The maximum Gasteiger partial charge on any atom is 0.329 e. The lowest BCUT2D eigenvalue weighted by Gasteiger charge is -2.00. The second-order valence-electron chi connectivity index (χ2n) is 3.15. The highest BCUT2D eigenvalue weighted by Crippen LogP contribution is 2.03. The third-order valence-electron chi connectivity index (χ3n) is 2.22. The fourth-order valence-electron chi connectivity index (χ4n) is 1.46. The quantitative estimate of drug-likeness (QED) is 0.625. The van der Waals surface area contributed by atoms with Crippen LogP contribution in [0, 0.1) is 0 Å². The maximum atomic E-state index is 11.5. The first-order valence-corrected chi connectivity index (χ1v) is 4.40. The molecule has 0 fully saturated rings.